The van der Waals surface area contributed by atoms with E-state index < -0.39 is 0 Å². The number of anilines is 1. The predicted molar refractivity (Wildman–Crippen MR) is 81.5 cm³/mol. The van der Waals surface area contributed by atoms with Crippen LogP contribution in [0, 0.1) is 0 Å². The zero-order valence-corrected chi connectivity index (χ0v) is 11.5. The molecule has 0 atom stereocenters. The minimum Gasteiger partial charge on any atom is -0.340 e. The van der Waals surface area contributed by atoms with Gasteiger partial charge in [0.05, 0.1) is 11.2 Å². The van der Waals surface area contributed by atoms with E-state index in [1.165, 1.54) is 24.0 Å². The van der Waals surface area contributed by atoms with E-state index in [0.717, 1.165) is 10.1 Å². The van der Waals surface area contributed by atoms with Gasteiger partial charge in [-0.25, -0.2) is 15.0 Å². The van der Waals surface area contributed by atoms with Crippen LogP contribution in [0.3, 0.4) is 0 Å². The lowest BCUT2D eigenvalue weighted by molar-refractivity contribution is 0.103. The van der Waals surface area contributed by atoms with Gasteiger partial charge in [-0.1, -0.05) is 18.2 Å². The van der Waals surface area contributed by atoms with Crippen LogP contribution >= 0.6 is 11.3 Å². The number of H-pyrrole nitrogens is 1. The number of nitrogens with zero attached hydrogens (tertiary/aromatic N) is 3. The number of thiophene rings is 1. The van der Waals surface area contributed by atoms with Crippen molar-refractivity contribution in [2.45, 2.75) is 0 Å². The molecule has 3 aromatic heterocycles. The third-order valence-electron chi connectivity index (χ3n) is 3.10. The van der Waals surface area contributed by atoms with E-state index in [2.05, 4.69) is 25.3 Å². The van der Waals surface area contributed by atoms with Gasteiger partial charge in [-0.3, -0.25) is 4.79 Å². The molecule has 0 fully saturated rings. The topological polar surface area (TPSA) is 83.6 Å². The summed E-state index contributed by atoms with van der Waals surface area (Å²) in [4.78, 5) is 28.1. The van der Waals surface area contributed by atoms with Gasteiger partial charge in [-0.05, 0) is 17.5 Å². The molecule has 1 aromatic carbocycles. The van der Waals surface area contributed by atoms with E-state index in [9.17, 15) is 4.79 Å². The maximum Gasteiger partial charge on any atom is 0.266 e. The molecular weight excluding hydrogens is 286 g/mol. The second-order valence-corrected chi connectivity index (χ2v) is 5.51. The van der Waals surface area contributed by atoms with E-state index in [4.69, 9.17) is 0 Å². The fourth-order valence-electron chi connectivity index (χ4n) is 2.12. The monoisotopic (exact) mass is 295 g/mol. The van der Waals surface area contributed by atoms with Crippen LogP contribution in [0.4, 0.5) is 5.82 Å². The Kier molecular flexibility index (Phi) is 2.65. The van der Waals surface area contributed by atoms with Crippen molar-refractivity contribution in [2.24, 2.45) is 0 Å². The minimum absolute atomic E-state index is 0.189. The molecule has 0 bridgehead atoms. The minimum atomic E-state index is -0.189. The molecule has 0 saturated heterocycles. The molecule has 6 nitrogen and oxygen atoms in total. The van der Waals surface area contributed by atoms with Crippen molar-refractivity contribution < 1.29 is 4.79 Å². The average molecular weight is 295 g/mol. The molecule has 0 saturated carbocycles. The Morgan fingerprint density at radius 3 is 3.00 bits per heavy atom. The highest BCUT2D eigenvalue weighted by molar-refractivity contribution is 7.20. The van der Waals surface area contributed by atoms with Crippen molar-refractivity contribution in [1.82, 2.24) is 19.9 Å². The summed E-state index contributed by atoms with van der Waals surface area (Å²) in [5.41, 5.74) is 1.14. The molecule has 2 N–H and O–H groups in total. The first kappa shape index (κ1) is 12.0. The Balaban J connectivity index is 1.70. The Hall–Kier alpha value is -2.80. The maximum absolute atomic E-state index is 12.4. The Labute approximate surface area is 122 Å². The quantitative estimate of drug-likeness (QED) is 0.595. The summed E-state index contributed by atoms with van der Waals surface area (Å²) < 4.78 is 1.08. The van der Waals surface area contributed by atoms with Crippen LogP contribution in [0.5, 0.6) is 0 Å². The largest absolute Gasteiger partial charge is 0.340 e. The number of carbonyl (C=O) groups is 1. The highest BCUT2D eigenvalue weighted by Gasteiger charge is 2.13. The van der Waals surface area contributed by atoms with Crippen LogP contribution in [0.25, 0.3) is 21.3 Å². The van der Waals surface area contributed by atoms with Gasteiger partial charge < -0.3 is 10.3 Å². The van der Waals surface area contributed by atoms with Crippen LogP contribution in [0.2, 0.25) is 0 Å². The second-order valence-electron chi connectivity index (χ2n) is 4.43. The normalized spacial score (nSPS) is 11.0. The number of benzene rings is 1. The second kappa shape index (κ2) is 4.64. The third-order valence-corrected chi connectivity index (χ3v) is 4.22. The van der Waals surface area contributed by atoms with Crippen molar-refractivity contribution in [2.75, 3.05) is 5.32 Å². The smallest absolute Gasteiger partial charge is 0.266 e. The zero-order chi connectivity index (χ0) is 14.2. The van der Waals surface area contributed by atoms with Crippen LogP contribution in [0.1, 0.15) is 9.67 Å². The molecule has 21 heavy (non-hydrogen) atoms. The molecule has 3 heterocycles. The van der Waals surface area contributed by atoms with Crippen molar-refractivity contribution >= 4 is 44.3 Å². The summed E-state index contributed by atoms with van der Waals surface area (Å²) in [5, 5.41) is 3.85. The first-order valence-corrected chi connectivity index (χ1v) is 7.07. The summed E-state index contributed by atoms with van der Waals surface area (Å²) in [6.07, 6.45) is 2.90. The first-order valence-electron chi connectivity index (χ1n) is 6.25. The summed E-state index contributed by atoms with van der Waals surface area (Å²) >= 11 is 1.45. The van der Waals surface area contributed by atoms with Gasteiger partial charge in [0.2, 0.25) is 0 Å². The van der Waals surface area contributed by atoms with Gasteiger partial charge >= 0.3 is 0 Å². The average Bonchev–Trinajstić information content (AvgIpc) is 3.14. The first-order chi connectivity index (χ1) is 10.3. The Bertz CT molecular complexity index is 925. The van der Waals surface area contributed by atoms with Crippen molar-refractivity contribution in [3.8, 4) is 0 Å². The standard InChI is InChI=1S/C14H9N5OS/c20-14(10-5-8-3-1-2-4-9(8)21-10)19-13-11-12(16-6-15-11)17-7-18-13/h1-7H,(H2,15,16,17,18,19,20). The van der Waals surface area contributed by atoms with E-state index in [0.29, 0.717) is 21.9 Å². The molecule has 0 spiro atoms. The number of rotatable bonds is 2. The number of amides is 1. The van der Waals surface area contributed by atoms with Gasteiger partial charge in [0.15, 0.2) is 11.5 Å². The number of hydrogen-bond acceptors (Lipinski definition) is 5. The summed E-state index contributed by atoms with van der Waals surface area (Å²) in [6, 6.07) is 9.77. The molecule has 0 aliphatic carbocycles. The molecule has 7 heteroatoms. The lowest BCUT2D eigenvalue weighted by Crippen LogP contribution is -2.11. The third kappa shape index (κ3) is 2.03. The van der Waals surface area contributed by atoms with E-state index >= 15 is 0 Å². The van der Waals surface area contributed by atoms with E-state index in [1.54, 1.807) is 0 Å². The van der Waals surface area contributed by atoms with Gasteiger partial charge in [0.1, 0.15) is 11.8 Å². The van der Waals surface area contributed by atoms with Crippen LogP contribution in [0.15, 0.2) is 43.0 Å². The summed E-state index contributed by atoms with van der Waals surface area (Å²) in [7, 11) is 0. The maximum atomic E-state index is 12.4. The highest BCUT2D eigenvalue weighted by Crippen LogP contribution is 2.26. The predicted octanol–water partition coefficient (Wildman–Crippen LogP) is 2.82. The number of aromatic nitrogens is 4. The number of fused-ring (bicyclic) bond motifs is 2. The van der Waals surface area contributed by atoms with Gasteiger partial charge in [-0.15, -0.1) is 11.3 Å². The molecule has 4 rings (SSSR count). The Morgan fingerprint density at radius 1 is 1.19 bits per heavy atom. The molecule has 102 valence electrons. The lowest BCUT2D eigenvalue weighted by atomic mass is 10.2. The molecule has 0 aliphatic heterocycles. The SMILES string of the molecule is O=C(Nc1ncnc2nc[nH]c12)c1cc2ccccc2s1. The molecule has 1 amide bonds. The highest BCUT2D eigenvalue weighted by atomic mass is 32.1. The lowest BCUT2D eigenvalue weighted by Gasteiger charge is -2.02. The number of aromatic amines is 1. The molecule has 4 aromatic rings. The van der Waals surface area contributed by atoms with Gasteiger partial charge in [-0.2, -0.15) is 0 Å². The number of imidazole rings is 1. The molecular formula is C14H9N5OS. The number of carbonyl (C=O) groups excluding carboxylic acids is 1. The van der Waals surface area contributed by atoms with Crippen LogP contribution < -0.4 is 5.32 Å². The number of hydrogen-bond donors (Lipinski definition) is 2. The van der Waals surface area contributed by atoms with Crippen molar-refractivity contribution in [3.05, 3.63) is 47.9 Å². The van der Waals surface area contributed by atoms with Crippen molar-refractivity contribution in [3.63, 3.8) is 0 Å². The fraction of sp³-hybridized carbons (Fsp3) is 0. The van der Waals surface area contributed by atoms with E-state index in [1.807, 2.05) is 30.3 Å². The van der Waals surface area contributed by atoms with Crippen molar-refractivity contribution in [1.29, 1.82) is 0 Å². The summed E-state index contributed by atoms with van der Waals surface area (Å²) in [5.74, 6) is 0.241. The van der Waals surface area contributed by atoms with Gasteiger partial charge in [0.25, 0.3) is 5.91 Å². The molecule has 0 unspecified atom stereocenters. The zero-order valence-electron chi connectivity index (χ0n) is 10.7. The molecule has 0 radical (unpaired) electrons. The fourth-order valence-corrected chi connectivity index (χ4v) is 3.08. The van der Waals surface area contributed by atoms with Crippen LogP contribution in [-0.4, -0.2) is 25.8 Å². The Morgan fingerprint density at radius 2 is 2.10 bits per heavy atom. The van der Waals surface area contributed by atoms with Crippen LogP contribution in [-0.2, 0) is 0 Å². The summed E-state index contributed by atoms with van der Waals surface area (Å²) in [6.45, 7) is 0. The number of nitrogens with one attached hydrogen (secondary N) is 2. The van der Waals surface area contributed by atoms with Gasteiger partial charge in [0, 0.05) is 4.70 Å². The van der Waals surface area contributed by atoms with E-state index in [-0.39, 0.29) is 5.91 Å². The molecule has 0 aliphatic rings.